The van der Waals surface area contributed by atoms with Crippen molar-refractivity contribution in [2.75, 3.05) is 11.9 Å². The van der Waals surface area contributed by atoms with Crippen molar-refractivity contribution in [3.05, 3.63) is 29.8 Å². The number of anilines is 1. The zero-order valence-electron chi connectivity index (χ0n) is 11.4. The average Bonchev–Trinajstić information content (AvgIpc) is 2.99. The number of primary amides is 1. The Morgan fingerprint density at radius 2 is 2.19 bits per heavy atom. The molecule has 110 valence electrons. The van der Waals surface area contributed by atoms with Gasteiger partial charge in [0.2, 0.25) is 0 Å². The Hall–Kier alpha value is -2.57. The fourth-order valence-electron chi connectivity index (χ4n) is 2.90. The van der Waals surface area contributed by atoms with Gasteiger partial charge < -0.3 is 16.0 Å². The Labute approximate surface area is 121 Å². The maximum absolute atomic E-state index is 12.2. The van der Waals surface area contributed by atoms with E-state index in [1.165, 1.54) is 4.90 Å². The molecule has 0 radical (unpaired) electrons. The maximum atomic E-state index is 12.2. The van der Waals surface area contributed by atoms with Gasteiger partial charge >= 0.3 is 12.1 Å². The lowest BCUT2D eigenvalue weighted by atomic mass is 10.1. The SMILES string of the molecule is NC(=O)Nc1cccc(CN2C(=O)C3CCCN3C2=O)c1. The highest BCUT2D eigenvalue weighted by molar-refractivity contribution is 6.04. The van der Waals surface area contributed by atoms with E-state index in [0.717, 1.165) is 18.4 Å². The molecule has 3 rings (SSSR count). The molecule has 7 heteroatoms. The quantitative estimate of drug-likeness (QED) is 0.815. The van der Waals surface area contributed by atoms with Gasteiger partial charge in [0.15, 0.2) is 0 Å². The van der Waals surface area contributed by atoms with Crippen LogP contribution in [0.1, 0.15) is 18.4 Å². The minimum atomic E-state index is -0.652. The summed E-state index contributed by atoms with van der Waals surface area (Å²) in [5, 5.41) is 2.47. The second-order valence-corrected chi connectivity index (χ2v) is 5.25. The highest BCUT2D eigenvalue weighted by Crippen LogP contribution is 2.28. The van der Waals surface area contributed by atoms with Gasteiger partial charge in [-0.15, -0.1) is 0 Å². The monoisotopic (exact) mass is 288 g/mol. The predicted molar refractivity (Wildman–Crippen MR) is 75.3 cm³/mol. The number of fused-ring (bicyclic) bond motifs is 1. The molecule has 0 saturated carbocycles. The fraction of sp³-hybridized carbons (Fsp3) is 0.357. The molecule has 7 nitrogen and oxygen atoms in total. The van der Waals surface area contributed by atoms with Crippen LogP contribution in [-0.2, 0) is 11.3 Å². The van der Waals surface area contributed by atoms with Gasteiger partial charge in [-0.25, -0.2) is 9.59 Å². The van der Waals surface area contributed by atoms with Gasteiger partial charge in [-0.2, -0.15) is 0 Å². The van der Waals surface area contributed by atoms with Crippen molar-refractivity contribution >= 4 is 23.7 Å². The number of hydrogen-bond acceptors (Lipinski definition) is 3. The number of benzene rings is 1. The van der Waals surface area contributed by atoms with Crippen molar-refractivity contribution < 1.29 is 14.4 Å². The van der Waals surface area contributed by atoms with E-state index in [1.807, 2.05) is 0 Å². The smallest absolute Gasteiger partial charge is 0.327 e. The number of nitrogens with zero attached hydrogens (tertiary/aromatic N) is 2. The van der Waals surface area contributed by atoms with E-state index in [-0.39, 0.29) is 24.5 Å². The number of rotatable bonds is 3. The number of nitrogens with one attached hydrogen (secondary N) is 1. The molecular weight excluding hydrogens is 272 g/mol. The lowest BCUT2D eigenvalue weighted by molar-refractivity contribution is -0.128. The van der Waals surface area contributed by atoms with Crippen molar-refractivity contribution in [3.63, 3.8) is 0 Å². The molecule has 0 aromatic heterocycles. The van der Waals surface area contributed by atoms with Crippen LogP contribution in [-0.4, -0.2) is 40.4 Å². The van der Waals surface area contributed by atoms with E-state index in [1.54, 1.807) is 29.2 Å². The van der Waals surface area contributed by atoms with E-state index in [9.17, 15) is 14.4 Å². The molecule has 2 fully saturated rings. The molecule has 1 aromatic rings. The van der Waals surface area contributed by atoms with Crippen LogP contribution in [0.25, 0.3) is 0 Å². The third-order valence-corrected chi connectivity index (χ3v) is 3.82. The minimum absolute atomic E-state index is 0.134. The number of imide groups is 1. The van der Waals surface area contributed by atoms with Gasteiger partial charge in [0.25, 0.3) is 5.91 Å². The van der Waals surface area contributed by atoms with Crippen molar-refractivity contribution in [1.82, 2.24) is 9.80 Å². The van der Waals surface area contributed by atoms with Gasteiger partial charge in [0, 0.05) is 12.2 Å². The van der Waals surface area contributed by atoms with Crippen LogP contribution in [0.5, 0.6) is 0 Å². The first-order chi connectivity index (χ1) is 10.1. The summed E-state index contributed by atoms with van der Waals surface area (Å²) in [7, 11) is 0. The molecule has 2 heterocycles. The Morgan fingerprint density at radius 3 is 2.90 bits per heavy atom. The molecule has 0 bridgehead atoms. The summed E-state index contributed by atoms with van der Waals surface area (Å²) in [4.78, 5) is 38.2. The zero-order valence-corrected chi connectivity index (χ0v) is 11.4. The highest BCUT2D eigenvalue weighted by Gasteiger charge is 2.47. The van der Waals surface area contributed by atoms with Crippen LogP contribution in [0.3, 0.4) is 0 Å². The van der Waals surface area contributed by atoms with Crippen LogP contribution in [0, 0.1) is 0 Å². The molecule has 2 aliphatic rings. The third-order valence-electron chi connectivity index (χ3n) is 3.82. The second-order valence-electron chi connectivity index (χ2n) is 5.25. The van der Waals surface area contributed by atoms with E-state index < -0.39 is 6.03 Å². The molecule has 5 amide bonds. The zero-order chi connectivity index (χ0) is 15.0. The molecule has 2 aliphatic heterocycles. The number of amides is 5. The van der Waals surface area contributed by atoms with Crippen LogP contribution in [0.15, 0.2) is 24.3 Å². The molecular formula is C14H16N4O3. The number of nitrogens with two attached hydrogens (primary N) is 1. The van der Waals surface area contributed by atoms with E-state index >= 15 is 0 Å². The van der Waals surface area contributed by atoms with Gasteiger partial charge in [-0.1, -0.05) is 12.1 Å². The minimum Gasteiger partial charge on any atom is -0.351 e. The van der Waals surface area contributed by atoms with Gasteiger partial charge in [-0.05, 0) is 30.5 Å². The molecule has 1 aromatic carbocycles. The lowest BCUT2D eigenvalue weighted by Gasteiger charge is -2.16. The van der Waals surface area contributed by atoms with E-state index in [4.69, 9.17) is 5.73 Å². The van der Waals surface area contributed by atoms with Crippen LogP contribution >= 0.6 is 0 Å². The van der Waals surface area contributed by atoms with Crippen LogP contribution in [0.2, 0.25) is 0 Å². The summed E-state index contributed by atoms with van der Waals surface area (Å²) < 4.78 is 0. The molecule has 0 aliphatic carbocycles. The number of carbonyl (C=O) groups is 3. The molecule has 1 atom stereocenters. The van der Waals surface area contributed by atoms with Crippen molar-refractivity contribution in [1.29, 1.82) is 0 Å². The average molecular weight is 288 g/mol. The highest BCUT2D eigenvalue weighted by atomic mass is 16.2. The van der Waals surface area contributed by atoms with Crippen molar-refractivity contribution in [3.8, 4) is 0 Å². The summed E-state index contributed by atoms with van der Waals surface area (Å²) in [5.41, 5.74) is 6.38. The summed E-state index contributed by atoms with van der Waals surface area (Å²) in [6, 6.07) is 5.78. The second kappa shape index (κ2) is 5.08. The fourth-order valence-corrected chi connectivity index (χ4v) is 2.90. The molecule has 3 N–H and O–H groups in total. The first kappa shape index (κ1) is 13.4. The third kappa shape index (κ3) is 2.42. The Morgan fingerprint density at radius 1 is 1.38 bits per heavy atom. The maximum Gasteiger partial charge on any atom is 0.327 e. The molecule has 2 saturated heterocycles. The van der Waals surface area contributed by atoms with Crippen molar-refractivity contribution in [2.24, 2.45) is 5.73 Å². The topological polar surface area (TPSA) is 95.7 Å². The van der Waals surface area contributed by atoms with E-state index in [0.29, 0.717) is 12.2 Å². The first-order valence-corrected chi connectivity index (χ1v) is 6.83. The Balaban J connectivity index is 1.76. The standard InChI is InChI=1S/C14H16N4O3/c15-13(20)16-10-4-1-3-9(7-10)8-18-12(19)11-5-2-6-17(11)14(18)21/h1,3-4,7,11H,2,5-6,8H2,(H3,15,16,20). The number of carbonyl (C=O) groups excluding carboxylic acids is 3. The molecule has 0 spiro atoms. The Bertz CT molecular complexity index is 594. The number of hydrogen-bond donors (Lipinski definition) is 2. The Kier molecular flexibility index (Phi) is 3.25. The number of urea groups is 2. The normalized spacial score (nSPS) is 20.9. The summed E-state index contributed by atoms with van der Waals surface area (Å²) in [6.07, 6.45) is 1.62. The largest absolute Gasteiger partial charge is 0.351 e. The molecule has 21 heavy (non-hydrogen) atoms. The van der Waals surface area contributed by atoms with Crippen LogP contribution < -0.4 is 11.1 Å². The van der Waals surface area contributed by atoms with Gasteiger partial charge in [-0.3, -0.25) is 9.69 Å². The van der Waals surface area contributed by atoms with Crippen molar-refractivity contribution in [2.45, 2.75) is 25.4 Å². The molecule has 1 unspecified atom stereocenters. The predicted octanol–water partition coefficient (Wildman–Crippen LogP) is 1.10. The summed E-state index contributed by atoms with van der Waals surface area (Å²) in [6.45, 7) is 0.855. The first-order valence-electron chi connectivity index (χ1n) is 6.83. The lowest BCUT2D eigenvalue weighted by Crippen LogP contribution is -2.32. The summed E-state index contributed by atoms with van der Waals surface area (Å²) >= 11 is 0. The van der Waals surface area contributed by atoms with Gasteiger partial charge in [0.1, 0.15) is 6.04 Å². The summed E-state index contributed by atoms with van der Waals surface area (Å²) in [5.74, 6) is -0.134. The van der Waals surface area contributed by atoms with Crippen LogP contribution in [0.4, 0.5) is 15.3 Å². The van der Waals surface area contributed by atoms with E-state index in [2.05, 4.69) is 5.32 Å². The van der Waals surface area contributed by atoms with Gasteiger partial charge in [0.05, 0.1) is 6.54 Å².